The molecule has 1 N–H and O–H groups in total. The van der Waals surface area contributed by atoms with Crippen LogP contribution in [-0.4, -0.2) is 5.11 Å². The van der Waals surface area contributed by atoms with Gasteiger partial charge in [-0.25, -0.2) is 0 Å². The van der Waals surface area contributed by atoms with Gasteiger partial charge in [0.05, 0.1) is 17.2 Å². The molecule has 0 aromatic heterocycles. The highest BCUT2D eigenvalue weighted by Gasteiger charge is 2.28. The average molecular weight is 203 g/mol. The molecule has 80 valence electrons. The first-order valence-corrected chi connectivity index (χ1v) is 5.25. The Morgan fingerprint density at radius 2 is 1.93 bits per heavy atom. The van der Waals surface area contributed by atoms with Gasteiger partial charge in [0.25, 0.3) is 0 Å². The molecule has 0 amide bonds. The first kappa shape index (κ1) is 11.7. The van der Waals surface area contributed by atoms with E-state index in [2.05, 4.69) is 13.0 Å². The van der Waals surface area contributed by atoms with Gasteiger partial charge in [0, 0.05) is 0 Å². The zero-order valence-corrected chi connectivity index (χ0v) is 9.49. The van der Waals surface area contributed by atoms with E-state index in [1.165, 1.54) is 0 Å². The molecule has 0 heterocycles. The first-order chi connectivity index (χ1) is 7.02. The summed E-state index contributed by atoms with van der Waals surface area (Å²) >= 11 is 0. The van der Waals surface area contributed by atoms with E-state index in [0.29, 0.717) is 5.56 Å². The van der Waals surface area contributed by atoms with Crippen molar-refractivity contribution in [3.8, 4) is 6.07 Å². The maximum atomic E-state index is 10.3. The van der Waals surface area contributed by atoms with Crippen molar-refractivity contribution in [3.63, 3.8) is 0 Å². The van der Waals surface area contributed by atoms with Gasteiger partial charge in [0.1, 0.15) is 0 Å². The Labute approximate surface area is 91.2 Å². The third-order valence-electron chi connectivity index (χ3n) is 3.17. The molecule has 2 atom stereocenters. The Bertz CT molecular complexity index is 359. The molecular weight excluding hydrogens is 186 g/mol. The lowest BCUT2D eigenvalue weighted by Gasteiger charge is -2.30. The summed E-state index contributed by atoms with van der Waals surface area (Å²) in [5.41, 5.74) is 0.678. The van der Waals surface area contributed by atoms with Gasteiger partial charge in [0.2, 0.25) is 0 Å². The Hall–Kier alpha value is -1.33. The quantitative estimate of drug-likeness (QED) is 0.821. The maximum absolute atomic E-state index is 10.3. The highest BCUT2D eigenvalue weighted by Crippen LogP contribution is 2.31. The zero-order chi connectivity index (χ0) is 11.5. The van der Waals surface area contributed by atoms with E-state index in [1.54, 1.807) is 12.1 Å². The minimum absolute atomic E-state index is 0.199. The monoisotopic (exact) mass is 203 g/mol. The summed E-state index contributed by atoms with van der Waals surface area (Å²) in [6, 6.07) is 9.20. The molecule has 0 fully saturated rings. The van der Waals surface area contributed by atoms with Gasteiger partial charge >= 0.3 is 0 Å². The third kappa shape index (κ3) is 2.37. The van der Waals surface area contributed by atoms with Gasteiger partial charge in [0.15, 0.2) is 0 Å². The van der Waals surface area contributed by atoms with Crippen LogP contribution in [0.2, 0.25) is 0 Å². The van der Waals surface area contributed by atoms with Crippen LogP contribution in [0.25, 0.3) is 0 Å². The number of hydrogen-bond donors (Lipinski definition) is 1. The van der Waals surface area contributed by atoms with E-state index in [9.17, 15) is 5.11 Å². The highest BCUT2D eigenvalue weighted by molar-refractivity contribution is 5.34. The van der Waals surface area contributed by atoms with Crippen LogP contribution in [0.1, 0.15) is 38.3 Å². The van der Waals surface area contributed by atoms with Crippen LogP contribution in [0.3, 0.4) is 0 Å². The van der Waals surface area contributed by atoms with Crippen molar-refractivity contribution in [2.75, 3.05) is 0 Å². The Morgan fingerprint density at radius 1 is 1.40 bits per heavy atom. The molecule has 0 aliphatic carbocycles. The lowest BCUT2D eigenvalue weighted by atomic mass is 9.82. The van der Waals surface area contributed by atoms with E-state index in [-0.39, 0.29) is 5.92 Å². The van der Waals surface area contributed by atoms with E-state index >= 15 is 0 Å². The molecule has 2 nitrogen and oxygen atoms in total. The minimum Gasteiger partial charge on any atom is -0.385 e. The Morgan fingerprint density at radius 3 is 2.33 bits per heavy atom. The number of rotatable bonds is 3. The standard InChI is InChI=1S/C13H17NO/c1-4-10(2)13(3,15)12-7-5-11(9-14)6-8-12/h5-8,10,15H,4H2,1-3H3. The third-order valence-corrected chi connectivity index (χ3v) is 3.17. The summed E-state index contributed by atoms with van der Waals surface area (Å²) in [7, 11) is 0. The summed E-state index contributed by atoms with van der Waals surface area (Å²) in [4.78, 5) is 0. The molecule has 0 aliphatic heterocycles. The van der Waals surface area contributed by atoms with Gasteiger partial charge in [-0.05, 0) is 30.5 Å². The highest BCUT2D eigenvalue weighted by atomic mass is 16.3. The number of nitriles is 1. The van der Waals surface area contributed by atoms with Crippen LogP contribution in [0.15, 0.2) is 24.3 Å². The first-order valence-electron chi connectivity index (χ1n) is 5.25. The Balaban J connectivity index is 3.01. The average Bonchev–Trinajstić information content (AvgIpc) is 2.28. The second kappa shape index (κ2) is 4.46. The molecule has 0 saturated carbocycles. The fourth-order valence-electron chi connectivity index (χ4n) is 1.56. The number of nitrogens with zero attached hydrogens (tertiary/aromatic N) is 1. The van der Waals surface area contributed by atoms with Gasteiger partial charge in [-0.3, -0.25) is 0 Å². The molecule has 2 heteroatoms. The van der Waals surface area contributed by atoms with Crippen molar-refractivity contribution in [1.29, 1.82) is 5.26 Å². The van der Waals surface area contributed by atoms with Crippen molar-refractivity contribution in [2.24, 2.45) is 5.92 Å². The molecular formula is C13H17NO. The summed E-state index contributed by atoms with van der Waals surface area (Å²) in [5.74, 6) is 0.199. The van der Waals surface area contributed by atoms with Crippen LogP contribution in [0.4, 0.5) is 0 Å². The van der Waals surface area contributed by atoms with Crippen molar-refractivity contribution in [3.05, 3.63) is 35.4 Å². The van der Waals surface area contributed by atoms with E-state index in [1.807, 2.05) is 26.0 Å². The predicted molar refractivity (Wildman–Crippen MR) is 60.2 cm³/mol. The van der Waals surface area contributed by atoms with E-state index < -0.39 is 5.60 Å². The van der Waals surface area contributed by atoms with Gasteiger partial charge in [-0.15, -0.1) is 0 Å². The summed E-state index contributed by atoms with van der Waals surface area (Å²) < 4.78 is 0. The smallest absolute Gasteiger partial charge is 0.0991 e. The topological polar surface area (TPSA) is 44.0 Å². The molecule has 0 spiro atoms. The minimum atomic E-state index is -0.817. The van der Waals surface area contributed by atoms with Crippen molar-refractivity contribution in [1.82, 2.24) is 0 Å². The van der Waals surface area contributed by atoms with Gasteiger partial charge in [-0.1, -0.05) is 32.4 Å². The molecule has 15 heavy (non-hydrogen) atoms. The molecule has 1 aromatic carbocycles. The molecule has 0 radical (unpaired) electrons. The molecule has 0 saturated heterocycles. The second-order valence-electron chi connectivity index (χ2n) is 4.15. The molecule has 0 bridgehead atoms. The maximum Gasteiger partial charge on any atom is 0.0991 e. The molecule has 0 aliphatic rings. The predicted octanol–water partition coefficient (Wildman–Crippen LogP) is 2.81. The zero-order valence-electron chi connectivity index (χ0n) is 9.49. The lowest BCUT2D eigenvalue weighted by Crippen LogP contribution is -2.29. The SMILES string of the molecule is CCC(C)C(C)(O)c1ccc(C#N)cc1. The summed E-state index contributed by atoms with van der Waals surface area (Å²) in [6.07, 6.45) is 0.924. The lowest BCUT2D eigenvalue weighted by molar-refractivity contribution is 0.0000186. The molecule has 2 unspecified atom stereocenters. The van der Waals surface area contributed by atoms with Gasteiger partial charge < -0.3 is 5.11 Å². The van der Waals surface area contributed by atoms with Crippen molar-refractivity contribution < 1.29 is 5.11 Å². The van der Waals surface area contributed by atoms with Crippen molar-refractivity contribution in [2.45, 2.75) is 32.8 Å². The van der Waals surface area contributed by atoms with Gasteiger partial charge in [-0.2, -0.15) is 5.26 Å². The Kier molecular flexibility index (Phi) is 3.49. The number of hydrogen-bond acceptors (Lipinski definition) is 2. The van der Waals surface area contributed by atoms with Crippen LogP contribution in [0.5, 0.6) is 0 Å². The number of aliphatic hydroxyl groups is 1. The largest absolute Gasteiger partial charge is 0.385 e. The second-order valence-corrected chi connectivity index (χ2v) is 4.15. The number of benzene rings is 1. The fourth-order valence-corrected chi connectivity index (χ4v) is 1.56. The summed E-state index contributed by atoms with van der Waals surface area (Å²) in [5, 5.41) is 19.0. The van der Waals surface area contributed by atoms with E-state index in [0.717, 1.165) is 12.0 Å². The summed E-state index contributed by atoms with van der Waals surface area (Å²) in [6.45, 7) is 5.91. The fraction of sp³-hybridized carbons (Fsp3) is 0.462. The normalized spacial score (nSPS) is 16.5. The molecule has 1 aromatic rings. The van der Waals surface area contributed by atoms with Crippen LogP contribution in [0, 0.1) is 17.2 Å². The molecule has 1 rings (SSSR count). The van der Waals surface area contributed by atoms with E-state index in [4.69, 9.17) is 5.26 Å². The van der Waals surface area contributed by atoms with Crippen LogP contribution >= 0.6 is 0 Å². The van der Waals surface area contributed by atoms with Crippen LogP contribution in [-0.2, 0) is 5.60 Å². The van der Waals surface area contributed by atoms with Crippen molar-refractivity contribution >= 4 is 0 Å². The van der Waals surface area contributed by atoms with Crippen LogP contribution < -0.4 is 0 Å².